The molecule has 5 heteroatoms. The molecule has 0 radical (unpaired) electrons. The smallest absolute Gasteiger partial charge is 0.229 e. The summed E-state index contributed by atoms with van der Waals surface area (Å²) in [7, 11) is 0. The molecular weight excluding hydrogens is 242 g/mol. The molecule has 1 aliphatic rings. The van der Waals surface area contributed by atoms with Crippen molar-refractivity contribution in [1.29, 1.82) is 0 Å². The second kappa shape index (κ2) is 5.84. The van der Waals surface area contributed by atoms with Crippen molar-refractivity contribution in [2.75, 3.05) is 23.7 Å². The molecule has 0 aromatic heterocycles. The van der Waals surface area contributed by atoms with Gasteiger partial charge in [-0.1, -0.05) is 13.0 Å². The predicted octanol–water partition coefficient (Wildman–Crippen LogP) is 1.44. The van der Waals surface area contributed by atoms with E-state index in [1.807, 2.05) is 6.07 Å². The van der Waals surface area contributed by atoms with Crippen molar-refractivity contribution >= 4 is 23.2 Å². The van der Waals surface area contributed by atoms with Crippen molar-refractivity contribution in [2.45, 2.75) is 13.8 Å². The highest BCUT2D eigenvalue weighted by Gasteiger charge is 2.29. The van der Waals surface area contributed by atoms with E-state index in [-0.39, 0.29) is 17.7 Å². The molecule has 1 aromatic carbocycles. The van der Waals surface area contributed by atoms with Gasteiger partial charge in [0.15, 0.2) is 0 Å². The summed E-state index contributed by atoms with van der Waals surface area (Å²) in [5, 5.41) is 8.80. The van der Waals surface area contributed by atoms with E-state index >= 15 is 0 Å². The number of benzene rings is 1. The van der Waals surface area contributed by atoms with Gasteiger partial charge in [0.05, 0.1) is 5.92 Å². The molecule has 0 saturated carbocycles. The predicted molar refractivity (Wildman–Crippen MR) is 74.9 cm³/mol. The highest BCUT2D eigenvalue weighted by Crippen LogP contribution is 2.20. The molecule has 1 aliphatic heterocycles. The van der Waals surface area contributed by atoms with E-state index in [0.29, 0.717) is 17.3 Å². The van der Waals surface area contributed by atoms with Crippen molar-refractivity contribution in [3.8, 4) is 0 Å². The molecule has 2 atom stereocenters. The molecule has 2 amide bonds. The lowest BCUT2D eigenvalue weighted by atomic mass is 9.97. The maximum Gasteiger partial charge on any atom is 0.229 e. The maximum absolute atomic E-state index is 12.1. The van der Waals surface area contributed by atoms with Gasteiger partial charge in [0, 0.05) is 24.8 Å². The van der Waals surface area contributed by atoms with E-state index in [0.717, 1.165) is 13.1 Å². The van der Waals surface area contributed by atoms with Crippen LogP contribution in [0.2, 0.25) is 0 Å². The second-order valence-corrected chi connectivity index (χ2v) is 4.99. The van der Waals surface area contributed by atoms with E-state index in [2.05, 4.69) is 22.9 Å². The molecule has 3 N–H and O–H groups in total. The molecule has 1 heterocycles. The van der Waals surface area contributed by atoms with Crippen LogP contribution < -0.4 is 16.0 Å². The quantitative estimate of drug-likeness (QED) is 0.771. The lowest BCUT2D eigenvalue weighted by Crippen LogP contribution is -2.27. The first kappa shape index (κ1) is 13.5. The largest absolute Gasteiger partial charge is 0.326 e. The molecule has 1 aromatic rings. The second-order valence-electron chi connectivity index (χ2n) is 4.99. The Balaban J connectivity index is 2.02. The zero-order valence-electron chi connectivity index (χ0n) is 11.2. The SMILES string of the molecule is CC(=O)Nc1cccc(NC(=O)C2CNCC2C)c1. The summed E-state index contributed by atoms with van der Waals surface area (Å²) in [6, 6.07) is 7.16. The number of nitrogens with one attached hydrogen (secondary N) is 3. The molecule has 102 valence electrons. The normalized spacial score (nSPS) is 22.0. The molecule has 0 aliphatic carbocycles. The van der Waals surface area contributed by atoms with Crippen molar-refractivity contribution in [2.24, 2.45) is 11.8 Å². The Morgan fingerprint density at radius 1 is 1.21 bits per heavy atom. The molecule has 5 nitrogen and oxygen atoms in total. The van der Waals surface area contributed by atoms with Gasteiger partial charge in [0.25, 0.3) is 0 Å². The Morgan fingerprint density at radius 3 is 2.47 bits per heavy atom. The summed E-state index contributed by atoms with van der Waals surface area (Å²) in [5.74, 6) is 0.248. The van der Waals surface area contributed by atoms with E-state index in [1.54, 1.807) is 18.2 Å². The number of hydrogen-bond donors (Lipinski definition) is 3. The zero-order valence-corrected chi connectivity index (χ0v) is 11.2. The molecule has 2 unspecified atom stereocenters. The van der Waals surface area contributed by atoms with E-state index < -0.39 is 0 Å². The molecular formula is C14H19N3O2. The Kier molecular flexibility index (Phi) is 4.16. The third-order valence-corrected chi connectivity index (χ3v) is 3.30. The summed E-state index contributed by atoms with van der Waals surface area (Å²) in [4.78, 5) is 23.1. The number of amides is 2. The summed E-state index contributed by atoms with van der Waals surface area (Å²) < 4.78 is 0. The van der Waals surface area contributed by atoms with Crippen molar-refractivity contribution < 1.29 is 9.59 Å². The number of carbonyl (C=O) groups excluding carboxylic acids is 2. The molecule has 19 heavy (non-hydrogen) atoms. The monoisotopic (exact) mass is 261 g/mol. The van der Waals surface area contributed by atoms with Crippen LogP contribution in [0.1, 0.15) is 13.8 Å². The first-order valence-electron chi connectivity index (χ1n) is 6.45. The van der Waals surface area contributed by atoms with Gasteiger partial charge in [-0.15, -0.1) is 0 Å². The van der Waals surface area contributed by atoms with Gasteiger partial charge in [-0.3, -0.25) is 9.59 Å². The van der Waals surface area contributed by atoms with Crippen LogP contribution in [0.25, 0.3) is 0 Å². The van der Waals surface area contributed by atoms with Crippen molar-refractivity contribution in [3.05, 3.63) is 24.3 Å². The number of hydrogen-bond acceptors (Lipinski definition) is 3. The average Bonchev–Trinajstić information content (AvgIpc) is 2.75. The Morgan fingerprint density at radius 2 is 1.89 bits per heavy atom. The van der Waals surface area contributed by atoms with E-state index in [9.17, 15) is 9.59 Å². The Labute approximate surface area is 112 Å². The van der Waals surface area contributed by atoms with Crippen LogP contribution >= 0.6 is 0 Å². The van der Waals surface area contributed by atoms with Crippen LogP contribution in [0.5, 0.6) is 0 Å². The minimum Gasteiger partial charge on any atom is -0.326 e. The van der Waals surface area contributed by atoms with Crippen LogP contribution in [-0.2, 0) is 9.59 Å². The zero-order chi connectivity index (χ0) is 13.8. The molecule has 2 rings (SSSR count). The first-order chi connectivity index (χ1) is 9.06. The van der Waals surface area contributed by atoms with Crippen LogP contribution in [0, 0.1) is 11.8 Å². The third kappa shape index (κ3) is 3.54. The van der Waals surface area contributed by atoms with Gasteiger partial charge in [0.1, 0.15) is 0 Å². The minimum atomic E-state index is -0.128. The van der Waals surface area contributed by atoms with Gasteiger partial charge >= 0.3 is 0 Å². The van der Waals surface area contributed by atoms with Gasteiger partial charge < -0.3 is 16.0 Å². The Bertz CT molecular complexity index is 487. The van der Waals surface area contributed by atoms with Crippen molar-refractivity contribution in [1.82, 2.24) is 5.32 Å². The fourth-order valence-electron chi connectivity index (χ4n) is 2.27. The Hall–Kier alpha value is -1.88. The van der Waals surface area contributed by atoms with Crippen LogP contribution in [0.3, 0.4) is 0 Å². The van der Waals surface area contributed by atoms with Gasteiger partial charge in [-0.2, -0.15) is 0 Å². The molecule has 1 fully saturated rings. The minimum absolute atomic E-state index is 0.00409. The highest BCUT2D eigenvalue weighted by molar-refractivity contribution is 5.94. The van der Waals surface area contributed by atoms with E-state index in [1.165, 1.54) is 6.92 Å². The summed E-state index contributed by atoms with van der Waals surface area (Å²) in [5.41, 5.74) is 1.39. The standard InChI is InChI=1S/C14H19N3O2/c1-9-7-15-8-13(9)14(19)17-12-5-3-4-11(6-12)16-10(2)18/h3-6,9,13,15H,7-8H2,1-2H3,(H,16,18)(H,17,19). The lowest BCUT2D eigenvalue weighted by Gasteiger charge is -2.14. The first-order valence-corrected chi connectivity index (χ1v) is 6.45. The van der Waals surface area contributed by atoms with Crippen LogP contribution in [0.15, 0.2) is 24.3 Å². The summed E-state index contributed by atoms with van der Waals surface area (Å²) in [6.07, 6.45) is 0. The molecule has 0 bridgehead atoms. The van der Waals surface area contributed by atoms with Crippen LogP contribution in [0.4, 0.5) is 11.4 Å². The lowest BCUT2D eigenvalue weighted by molar-refractivity contribution is -0.120. The molecule has 0 spiro atoms. The van der Waals surface area contributed by atoms with Gasteiger partial charge in [-0.25, -0.2) is 0 Å². The van der Waals surface area contributed by atoms with Gasteiger partial charge in [-0.05, 0) is 30.7 Å². The highest BCUT2D eigenvalue weighted by atomic mass is 16.2. The van der Waals surface area contributed by atoms with Crippen LogP contribution in [-0.4, -0.2) is 24.9 Å². The third-order valence-electron chi connectivity index (χ3n) is 3.30. The number of rotatable bonds is 3. The topological polar surface area (TPSA) is 70.2 Å². The fraction of sp³-hybridized carbons (Fsp3) is 0.429. The van der Waals surface area contributed by atoms with Crippen molar-refractivity contribution in [3.63, 3.8) is 0 Å². The maximum atomic E-state index is 12.1. The summed E-state index contributed by atoms with van der Waals surface area (Å²) in [6.45, 7) is 5.12. The fourth-order valence-corrected chi connectivity index (χ4v) is 2.27. The van der Waals surface area contributed by atoms with E-state index in [4.69, 9.17) is 0 Å². The average molecular weight is 261 g/mol. The summed E-state index contributed by atoms with van der Waals surface area (Å²) >= 11 is 0. The number of carbonyl (C=O) groups is 2. The number of anilines is 2. The molecule has 1 saturated heterocycles. The van der Waals surface area contributed by atoms with Gasteiger partial charge in [0.2, 0.25) is 11.8 Å².